The molecule has 0 spiro atoms. The summed E-state index contributed by atoms with van der Waals surface area (Å²) < 4.78 is 32.5. The molecule has 0 saturated carbocycles. The van der Waals surface area contributed by atoms with Gasteiger partial charge in [0, 0.05) is 18.8 Å². The van der Waals surface area contributed by atoms with Crippen LogP contribution in [0.1, 0.15) is 38.2 Å². The Morgan fingerprint density at radius 2 is 1.82 bits per heavy atom. The molecule has 2 N–H and O–H groups in total. The van der Waals surface area contributed by atoms with Crippen molar-refractivity contribution in [1.82, 2.24) is 4.90 Å². The quantitative estimate of drug-likeness (QED) is 0.531. The average Bonchev–Trinajstić information content (AvgIpc) is 2.82. The number of likely N-dealkylation sites (tertiary alicyclic amines) is 1. The first-order valence-corrected chi connectivity index (χ1v) is 13.3. The van der Waals surface area contributed by atoms with Gasteiger partial charge in [0.25, 0.3) is 0 Å². The highest BCUT2D eigenvalue weighted by molar-refractivity contribution is 7.92. The number of hydrogen-bond acceptors (Lipinski definition) is 5. The van der Waals surface area contributed by atoms with E-state index in [-0.39, 0.29) is 36.5 Å². The lowest BCUT2D eigenvalue weighted by molar-refractivity contribution is -0.135. The summed E-state index contributed by atoms with van der Waals surface area (Å²) in [6.07, 6.45) is 2.21. The van der Waals surface area contributed by atoms with Gasteiger partial charge in [-0.3, -0.25) is 14.3 Å². The molecule has 184 valence electrons. The van der Waals surface area contributed by atoms with E-state index in [1.54, 1.807) is 36.9 Å². The Hall–Kier alpha value is -3.07. The van der Waals surface area contributed by atoms with Crippen molar-refractivity contribution in [1.29, 1.82) is 0 Å². The molecule has 0 radical (unpaired) electrons. The van der Waals surface area contributed by atoms with E-state index in [9.17, 15) is 18.0 Å². The van der Waals surface area contributed by atoms with Crippen LogP contribution in [0, 0.1) is 12.8 Å². The maximum atomic E-state index is 13.0. The van der Waals surface area contributed by atoms with Crippen LogP contribution in [0.5, 0.6) is 5.75 Å². The number of nitrogens with zero attached hydrogens (tertiary/aromatic N) is 1. The third-order valence-corrected chi connectivity index (χ3v) is 7.28. The third-order valence-electron chi connectivity index (χ3n) is 5.80. The number of rotatable bonds is 10. The molecule has 8 nitrogen and oxygen atoms in total. The van der Waals surface area contributed by atoms with Crippen LogP contribution in [0.3, 0.4) is 0 Å². The minimum absolute atomic E-state index is 0.0306. The van der Waals surface area contributed by atoms with Crippen molar-refractivity contribution in [3.63, 3.8) is 0 Å². The molecule has 1 aliphatic heterocycles. The zero-order valence-electron chi connectivity index (χ0n) is 19.7. The van der Waals surface area contributed by atoms with Crippen molar-refractivity contribution >= 4 is 33.2 Å². The van der Waals surface area contributed by atoms with Gasteiger partial charge in [-0.2, -0.15) is 0 Å². The van der Waals surface area contributed by atoms with E-state index >= 15 is 0 Å². The predicted molar refractivity (Wildman–Crippen MR) is 133 cm³/mol. The first-order valence-electron chi connectivity index (χ1n) is 11.7. The molecule has 3 rings (SSSR count). The van der Waals surface area contributed by atoms with E-state index in [0.717, 1.165) is 12.2 Å². The van der Waals surface area contributed by atoms with Gasteiger partial charge >= 0.3 is 0 Å². The van der Waals surface area contributed by atoms with Gasteiger partial charge in [-0.1, -0.05) is 31.2 Å². The summed E-state index contributed by atoms with van der Waals surface area (Å²) in [5.41, 5.74) is 1.66. The summed E-state index contributed by atoms with van der Waals surface area (Å²) in [5.74, 6) is 0.228. The largest absolute Gasteiger partial charge is 0.493 e. The number of para-hydroxylation sites is 1. The number of amides is 2. The van der Waals surface area contributed by atoms with Crippen LogP contribution in [0.25, 0.3) is 0 Å². The first kappa shape index (κ1) is 25.6. The molecule has 0 aliphatic carbocycles. The molecule has 0 aromatic heterocycles. The van der Waals surface area contributed by atoms with Crippen molar-refractivity contribution in [2.24, 2.45) is 5.92 Å². The molecule has 34 heavy (non-hydrogen) atoms. The van der Waals surface area contributed by atoms with Crippen molar-refractivity contribution < 1.29 is 22.7 Å². The Bertz CT molecular complexity index is 1090. The smallest absolute Gasteiger partial charge is 0.232 e. The van der Waals surface area contributed by atoms with Crippen LogP contribution >= 0.6 is 0 Å². The number of carbonyl (C=O) groups is 2. The number of ether oxygens (including phenoxy) is 1. The molecule has 1 atom stereocenters. The maximum Gasteiger partial charge on any atom is 0.232 e. The van der Waals surface area contributed by atoms with Gasteiger partial charge in [0.2, 0.25) is 21.8 Å². The van der Waals surface area contributed by atoms with Gasteiger partial charge in [-0.05, 0) is 56.0 Å². The molecule has 0 bridgehead atoms. The summed E-state index contributed by atoms with van der Waals surface area (Å²) >= 11 is 0. The zero-order valence-corrected chi connectivity index (χ0v) is 20.6. The fourth-order valence-electron chi connectivity index (χ4n) is 3.95. The molecule has 2 aromatic rings. The van der Waals surface area contributed by atoms with Gasteiger partial charge in [0.1, 0.15) is 5.75 Å². The molecule has 1 fully saturated rings. The van der Waals surface area contributed by atoms with E-state index in [1.807, 2.05) is 30.3 Å². The van der Waals surface area contributed by atoms with Gasteiger partial charge in [0.05, 0.1) is 30.4 Å². The van der Waals surface area contributed by atoms with Crippen LogP contribution in [-0.2, 0) is 19.6 Å². The third kappa shape index (κ3) is 7.21. The number of nitrogens with one attached hydrogen (secondary N) is 2. The Kier molecular flexibility index (Phi) is 8.92. The standard InChI is InChI=1S/C25H33N3O5S/c1-3-17-34(31,32)27-23-13-7-12-22(19(23)2)26-25(30)20-9-8-15-28(18-20)24(29)14-16-33-21-10-5-4-6-11-21/h4-7,10-13,20,27H,3,8-9,14-18H2,1-2H3,(H,26,30). The van der Waals surface area contributed by atoms with Crippen LogP contribution in [0.2, 0.25) is 0 Å². The molecular formula is C25H33N3O5S. The summed E-state index contributed by atoms with van der Waals surface area (Å²) in [4.78, 5) is 27.3. The van der Waals surface area contributed by atoms with Crippen LogP contribution in [0.4, 0.5) is 11.4 Å². The van der Waals surface area contributed by atoms with E-state index in [0.29, 0.717) is 42.9 Å². The summed E-state index contributed by atoms with van der Waals surface area (Å²) in [7, 11) is -3.43. The monoisotopic (exact) mass is 487 g/mol. The second-order valence-electron chi connectivity index (χ2n) is 8.48. The van der Waals surface area contributed by atoms with Crippen LogP contribution in [-0.4, -0.2) is 50.6 Å². The molecule has 9 heteroatoms. The Morgan fingerprint density at radius 1 is 1.09 bits per heavy atom. The SMILES string of the molecule is CCCS(=O)(=O)Nc1cccc(NC(=O)C2CCCN(C(=O)CCOc3ccccc3)C2)c1C. The van der Waals surface area contributed by atoms with Crippen molar-refractivity contribution in [3.8, 4) is 5.75 Å². The van der Waals surface area contributed by atoms with Crippen molar-refractivity contribution in [2.75, 3.05) is 35.5 Å². The molecule has 1 aliphatic rings. The predicted octanol–water partition coefficient (Wildman–Crippen LogP) is 3.79. The van der Waals surface area contributed by atoms with Crippen molar-refractivity contribution in [3.05, 3.63) is 54.1 Å². The first-order chi connectivity index (χ1) is 16.3. The van der Waals surface area contributed by atoms with E-state index in [4.69, 9.17) is 4.74 Å². The number of benzene rings is 2. The van der Waals surface area contributed by atoms with E-state index in [1.165, 1.54) is 0 Å². The van der Waals surface area contributed by atoms with Gasteiger partial charge < -0.3 is 15.0 Å². The number of hydrogen-bond donors (Lipinski definition) is 2. The van der Waals surface area contributed by atoms with E-state index < -0.39 is 10.0 Å². The lowest BCUT2D eigenvalue weighted by Gasteiger charge is -2.32. The molecular weight excluding hydrogens is 454 g/mol. The Morgan fingerprint density at radius 3 is 2.56 bits per heavy atom. The van der Waals surface area contributed by atoms with Crippen LogP contribution < -0.4 is 14.8 Å². The highest BCUT2D eigenvalue weighted by Crippen LogP contribution is 2.26. The topological polar surface area (TPSA) is 105 Å². The van der Waals surface area contributed by atoms with Gasteiger partial charge in [-0.25, -0.2) is 8.42 Å². The second-order valence-corrected chi connectivity index (χ2v) is 10.3. The van der Waals surface area contributed by atoms with Gasteiger partial charge in [-0.15, -0.1) is 0 Å². The molecule has 2 aromatic carbocycles. The minimum atomic E-state index is -3.43. The van der Waals surface area contributed by atoms with E-state index in [2.05, 4.69) is 10.0 Å². The highest BCUT2D eigenvalue weighted by atomic mass is 32.2. The fraction of sp³-hybridized carbons (Fsp3) is 0.440. The molecule has 1 unspecified atom stereocenters. The normalized spacial score (nSPS) is 16.1. The summed E-state index contributed by atoms with van der Waals surface area (Å²) in [6, 6.07) is 14.5. The van der Waals surface area contributed by atoms with Gasteiger partial charge in [0.15, 0.2) is 0 Å². The number of carbonyl (C=O) groups excluding carboxylic acids is 2. The fourth-order valence-corrected chi connectivity index (χ4v) is 5.15. The molecule has 2 amide bonds. The minimum Gasteiger partial charge on any atom is -0.493 e. The average molecular weight is 488 g/mol. The lowest BCUT2D eigenvalue weighted by Crippen LogP contribution is -2.44. The highest BCUT2D eigenvalue weighted by Gasteiger charge is 2.28. The zero-order chi connectivity index (χ0) is 24.6. The lowest BCUT2D eigenvalue weighted by atomic mass is 9.96. The van der Waals surface area contributed by atoms with Crippen LogP contribution in [0.15, 0.2) is 48.5 Å². The Labute approximate surface area is 201 Å². The molecule has 1 heterocycles. The molecule has 1 saturated heterocycles. The number of sulfonamides is 1. The maximum absolute atomic E-state index is 13.0. The number of anilines is 2. The second kappa shape index (κ2) is 11.9. The number of piperidine rings is 1. The summed E-state index contributed by atoms with van der Waals surface area (Å²) in [5, 5.41) is 2.93. The van der Waals surface area contributed by atoms with Crippen molar-refractivity contribution in [2.45, 2.75) is 39.5 Å². The summed E-state index contributed by atoms with van der Waals surface area (Å²) in [6.45, 7) is 4.84. The Balaban J connectivity index is 1.55.